The molecular formula is C11H13F5N2OS. The van der Waals surface area contributed by atoms with Crippen LogP contribution in [0.2, 0.25) is 0 Å². The van der Waals surface area contributed by atoms with Crippen molar-refractivity contribution in [2.24, 2.45) is 0 Å². The summed E-state index contributed by atoms with van der Waals surface area (Å²) in [6, 6.07) is 2.14. The zero-order valence-electron chi connectivity index (χ0n) is 10.2. The highest BCUT2D eigenvalue weighted by molar-refractivity contribution is 8.45. The van der Waals surface area contributed by atoms with E-state index in [4.69, 9.17) is 0 Å². The molecule has 0 radical (unpaired) electrons. The van der Waals surface area contributed by atoms with Gasteiger partial charge >= 0.3 is 10.2 Å². The lowest BCUT2D eigenvalue weighted by Crippen LogP contribution is -2.36. The molecule has 1 aromatic rings. The number of hydrogen-bond acceptors (Lipinski definition) is 2. The van der Waals surface area contributed by atoms with Crippen molar-refractivity contribution in [3.63, 3.8) is 0 Å². The maximum absolute atomic E-state index is 12.7. The van der Waals surface area contributed by atoms with Crippen molar-refractivity contribution in [2.75, 3.05) is 13.1 Å². The van der Waals surface area contributed by atoms with Gasteiger partial charge in [-0.1, -0.05) is 25.5 Å². The number of hydrogen-bond donors (Lipinski definition) is 2. The van der Waals surface area contributed by atoms with E-state index in [0.29, 0.717) is 19.5 Å². The van der Waals surface area contributed by atoms with E-state index in [1.165, 1.54) is 0 Å². The second-order valence-electron chi connectivity index (χ2n) is 4.66. The van der Waals surface area contributed by atoms with E-state index < -0.39 is 26.6 Å². The third-order valence-electron chi connectivity index (χ3n) is 2.94. The molecule has 1 fully saturated rings. The fourth-order valence-corrected chi connectivity index (χ4v) is 2.61. The molecule has 1 amide bonds. The Hall–Kier alpha value is -1.35. The highest BCUT2D eigenvalue weighted by atomic mass is 32.5. The van der Waals surface area contributed by atoms with Crippen LogP contribution in [-0.4, -0.2) is 25.0 Å². The summed E-state index contributed by atoms with van der Waals surface area (Å²) in [5, 5.41) is 5.47. The minimum absolute atomic E-state index is 0.194. The summed E-state index contributed by atoms with van der Waals surface area (Å²) in [6.07, 6.45) is 0.646. The van der Waals surface area contributed by atoms with Crippen LogP contribution in [0.3, 0.4) is 0 Å². The Kier molecular flexibility index (Phi) is 3.07. The molecule has 1 heterocycles. The summed E-state index contributed by atoms with van der Waals surface area (Å²) in [6.45, 7) is 1.20. The van der Waals surface area contributed by atoms with Gasteiger partial charge in [-0.2, -0.15) is 0 Å². The van der Waals surface area contributed by atoms with Crippen LogP contribution in [0.25, 0.3) is 0 Å². The molecule has 0 aliphatic carbocycles. The van der Waals surface area contributed by atoms with Crippen LogP contribution in [0.4, 0.5) is 19.4 Å². The summed E-state index contributed by atoms with van der Waals surface area (Å²) in [5.41, 5.74) is -0.428. The van der Waals surface area contributed by atoms with Gasteiger partial charge in [-0.15, -0.1) is 0 Å². The number of nitrogens with one attached hydrogen (secondary N) is 2. The first-order chi connectivity index (χ1) is 8.95. The molecule has 0 spiro atoms. The molecule has 0 saturated carbocycles. The Morgan fingerprint density at radius 3 is 2.50 bits per heavy atom. The average molecular weight is 316 g/mol. The number of rotatable bonds is 3. The van der Waals surface area contributed by atoms with E-state index in [0.717, 1.165) is 12.1 Å². The quantitative estimate of drug-likeness (QED) is 0.839. The van der Waals surface area contributed by atoms with Crippen molar-refractivity contribution in [1.82, 2.24) is 10.6 Å². The molecule has 3 nitrogen and oxygen atoms in total. The lowest BCUT2D eigenvalue weighted by molar-refractivity contribution is 0.0940. The first-order valence-electron chi connectivity index (χ1n) is 5.81. The third kappa shape index (κ3) is 3.60. The fourth-order valence-electron chi connectivity index (χ4n) is 1.92. The van der Waals surface area contributed by atoms with Crippen LogP contribution in [0.1, 0.15) is 16.8 Å². The van der Waals surface area contributed by atoms with Crippen molar-refractivity contribution in [3.05, 3.63) is 29.8 Å². The second kappa shape index (κ2) is 4.08. The topological polar surface area (TPSA) is 41.1 Å². The zero-order chi connectivity index (χ0) is 15.1. The number of amides is 1. The second-order valence-corrected chi connectivity index (χ2v) is 7.07. The van der Waals surface area contributed by atoms with Gasteiger partial charge in [0, 0.05) is 18.2 Å². The predicted molar refractivity (Wildman–Crippen MR) is 66.6 cm³/mol. The highest BCUT2D eigenvalue weighted by Gasteiger charge is 2.65. The Bertz CT molecular complexity index is 539. The average Bonchev–Trinajstić information content (AvgIpc) is 2.79. The molecule has 9 heteroatoms. The zero-order valence-corrected chi connectivity index (χ0v) is 11.0. The fraction of sp³-hybridized carbons (Fsp3) is 0.364. The van der Waals surface area contributed by atoms with Crippen molar-refractivity contribution >= 4 is 16.1 Å². The molecule has 0 unspecified atom stereocenters. The smallest absolute Gasteiger partial charge is 0.310 e. The molecule has 2 rings (SSSR count). The molecule has 1 aliphatic heterocycles. The van der Waals surface area contributed by atoms with E-state index >= 15 is 0 Å². The minimum Gasteiger partial charge on any atom is -0.348 e. The molecular weight excluding hydrogens is 303 g/mol. The molecule has 1 saturated heterocycles. The Balaban J connectivity index is 2.24. The maximum atomic E-state index is 12.7. The van der Waals surface area contributed by atoms with E-state index in [-0.39, 0.29) is 18.2 Å². The SMILES string of the molecule is O=C(N[C@@H]1CCNC1)c1cccc(S(F)(F)(F)(F)F)c1. The van der Waals surface area contributed by atoms with Gasteiger partial charge in [0.1, 0.15) is 4.90 Å². The summed E-state index contributed by atoms with van der Waals surface area (Å²) < 4.78 is 63.3. The lowest BCUT2D eigenvalue weighted by Gasteiger charge is -2.40. The van der Waals surface area contributed by atoms with Crippen molar-refractivity contribution in [1.29, 1.82) is 0 Å². The van der Waals surface area contributed by atoms with Gasteiger partial charge in [0.05, 0.1) is 0 Å². The van der Waals surface area contributed by atoms with Crippen molar-refractivity contribution in [2.45, 2.75) is 17.4 Å². The van der Waals surface area contributed by atoms with Crippen LogP contribution in [0.5, 0.6) is 0 Å². The number of halogens is 5. The number of carbonyl (C=O) groups excluding carboxylic acids is 1. The summed E-state index contributed by atoms with van der Waals surface area (Å²) in [7, 11) is -9.75. The number of benzene rings is 1. The summed E-state index contributed by atoms with van der Waals surface area (Å²) in [4.78, 5) is 9.70. The summed E-state index contributed by atoms with van der Waals surface area (Å²) >= 11 is 0. The molecule has 0 bridgehead atoms. The summed E-state index contributed by atoms with van der Waals surface area (Å²) in [5.74, 6) is -0.789. The molecule has 1 aliphatic rings. The standard InChI is InChI=1S/C11H13F5N2OS/c12-20(13,14,15,16)10-3-1-2-8(6-10)11(19)18-9-4-5-17-7-9/h1-3,6,9,17H,4-5,7H2,(H,18,19)/t9-/m1/s1. The Morgan fingerprint density at radius 2 is 1.95 bits per heavy atom. The molecule has 1 atom stereocenters. The van der Waals surface area contributed by atoms with Gasteiger partial charge in [-0.25, -0.2) is 0 Å². The van der Waals surface area contributed by atoms with Gasteiger partial charge in [0.15, 0.2) is 0 Å². The van der Waals surface area contributed by atoms with Crippen LogP contribution in [0.15, 0.2) is 29.2 Å². The number of carbonyl (C=O) groups is 1. The highest BCUT2D eigenvalue weighted by Crippen LogP contribution is 3.02. The van der Waals surface area contributed by atoms with Crippen molar-refractivity contribution < 1.29 is 24.2 Å². The largest absolute Gasteiger partial charge is 0.348 e. The third-order valence-corrected chi connectivity index (χ3v) is 4.08. The molecule has 1 aromatic carbocycles. The Morgan fingerprint density at radius 1 is 1.25 bits per heavy atom. The normalized spacial score (nSPS) is 22.9. The van der Waals surface area contributed by atoms with E-state index in [1.807, 2.05) is 0 Å². The minimum atomic E-state index is -9.75. The van der Waals surface area contributed by atoms with Crippen LogP contribution in [-0.2, 0) is 0 Å². The van der Waals surface area contributed by atoms with Gasteiger partial charge in [-0.05, 0) is 31.2 Å². The molecule has 2 N–H and O–H groups in total. The molecule has 20 heavy (non-hydrogen) atoms. The first-order valence-corrected chi connectivity index (χ1v) is 7.76. The van der Waals surface area contributed by atoms with E-state index in [9.17, 15) is 24.2 Å². The monoisotopic (exact) mass is 316 g/mol. The first kappa shape index (κ1) is 15.0. The molecule has 0 aromatic heterocycles. The predicted octanol–water partition coefficient (Wildman–Crippen LogP) is 3.44. The van der Waals surface area contributed by atoms with Gasteiger partial charge in [0.25, 0.3) is 5.91 Å². The van der Waals surface area contributed by atoms with Gasteiger partial charge < -0.3 is 10.6 Å². The van der Waals surface area contributed by atoms with Crippen LogP contribution < -0.4 is 10.6 Å². The van der Waals surface area contributed by atoms with Gasteiger partial charge in [0.2, 0.25) is 0 Å². The van der Waals surface area contributed by atoms with Gasteiger partial charge in [-0.3, -0.25) is 4.79 Å². The van der Waals surface area contributed by atoms with E-state index in [1.54, 1.807) is 0 Å². The van der Waals surface area contributed by atoms with Crippen molar-refractivity contribution in [3.8, 4) is 0 Å². The van der Waals surface area contributed by atoms with Crippen LogP contribution in [0, 0.1) is 0 Å². The molecule has 114 valence electrons. The maximum Gasteiger partial charge on any atom is 0.310 e. The lowest BCUT2D eigenvalue weighted by atomic mass is 10.2. The van der Waals surface area contributed by atoms with Crippen LogP contribution >= 0.6 is 10.2 Å². The van der Waals surface area contributed by atoms with E-state index in [2.05, 4.69) is 10.6 Å². The Labute approximate surface area is 112 Å².